The summed E-state index contributed by atoms with van der Waals surface area (Å²) in [4.78, 5) is 0. The first-order valence-corrected chi connectivity index (χ1v) is 8.27. The maximum absolute atomic E-state index is 6.14. The molecule has 1 aromatic carbocycles. The Morgan fingerprint density at radius 2 is 1.92 bits per heavy atom. The van der Waals surface area contributed by atoms with E-state index in [1.165, 1.54) is 5.19 Å². The average Bonchev–Trinajstić information content (AvgIpc) is 2.17. The molecular formula is C10H14Cl2Si. The summed E-state index contributed by atoms with van der Waals surface area (Å²) in [6.45, 7) is 4.47. The second-order valence-electron chi connectivity index (χ2n) is 3.53. The Bertz CT molecular complexity index is 282. The Balaban J connectivity index is 3.12. The number of halogens is 2. The molecule has 0 heterocycles. The normalized spacial score (nSPS) is 15.4. The van der Waals surface area contributed by atoms with E-state index in [-0.39, 0.29) is 0 Å². The van der Waals surface area contributed by atoms with Crippen LogP contribution in [-0.4, -0.2) is 13.6 Å². The van der Waals surface area contributed by atoms with Gasteiger partial charge in [0, 0.05) is 10.5 Å². The summed E-state index contributed by atoms with van der Waals surface area (Å²) in [6.07, 6.45) is 0. The quantitative estimate of drug-likeness (QED) is 0.554. The lowest BCUT2D eigenvalue weighted by Gasteiger charge is -2.24. The molecule has 3 heteroatoms. The van der Waals surface area contributed by atoms with Gasteiger partial charge in [0.15, 0.2) is 0 Å². The predicted molar refractivity (Wildman–Crippen MR) is 63.9 cm³/mol. The van der Waals surface area contributed by atoms with Crippen molar-refractivity contribution in [3.8, 4) is 0 Å². The van der Waals surface area contributed by atoms with Gasteiger partial charge in [0.05, 0.1) is 0 Å². The Hall–Kier alpha value is 0.0169. The van der Waals surface area contributed by atoms with Crippen molar-refractivity contribution in [3.05, 3.63) is 29.3 Å². The van der Waals surface area contributed by atoms with E-state index in [1.807, 2.05) is 18.2 Å². The van der Waals surface area contributed by atoms with Crippen LogP contribution in [0.25, 0.3) is 0 Å². The predicted octanol–water partition coefficient (Wildman–Crippen LogP) is 3.42. The molecule has 0 bridgehead atoms. The molecule has 0 nitrogen and oxygen atoms in total. The van der Waals surface area contributed by atoms with Crippen LogP contribution in [0.5, 0.6) is 0 Å². The molecule has 0 radical (unpaired) electrons. The largest absolute Gasteiger partial charge is 0.130 e. The molecule has 0 saturated carbocycles. The van der Waals surface area contributed by atoms with Gasteiger partial charge < -0.3 is 0 Å². The minimum Gasteiger partial charge on any atom is -0.130 e. The zero-order valence-electron chi connectivity index (χ0n) is 7.98. The lowest BCUT2D eigenvalue weighted by Crippen LogP contribution is -2.46. The summed E-state index contributed by atoms with van der Waals surface area (Å²) in [5.41, 5.74) is 0.743. The van der Waals surface area contributed by atoms with Gasteiger partial charge in [-0.15, -0.1) is 11.6 Å². The molecule has 1 unspecified atom stereocenters. The molecule has 0 aliphatic rings. The van der Waals surface area contributed by atoms with Crippen LogP contribution in [0.3, 0.4) is 0 Å². The molecule has 0 aliphatic heterocycles. The van der Waals surface area contributed by atoms with Crippen LogP contribution in [0.1, 0.15) is 6.92 Å². The Morgan fingerprint density at radius 1 is 1.31 bits per heavy atom. The molecule has 72 valence electrons. The van der Waals surface area contributed by atoms with Crippen LogP contribution in [0.4, 0.5) is 0 Å². The molecule has 1 aromatic rings. The smallest absolute Gasteiger partial charge is 0.101 e. The molecule has 0 saturated heterocycles. The van der Waals surface area contributed by atoms with Crippen molar-refractivity contribution in [1.29, 1.82) is 0 Å². The van der Waals surface area contributed by atoms with Crippen molar-refractivity contribution in [1.82, 2.24) is 0 Å². The molecule has 0 N–H and O–H groups in total. The minimum absolute atomic E-state index is 0.743. The van der Waals surface area contributed by atoms with E-state index in [0.717, 1.165) is 16.6 Å². The first kappa shape index (κ1) is 11.1. The van der Waals surface area contributed by atoms with Crippen molar-refractivity contribution in [2.45, 2.75) is 19.5 Å². The van der Waals surface area contributed by atoms with Crippen molar-refractivity contribution >= 4 is 36.5 Å². The fourth-order valence-corrected chi connectivity index (χ4v) is 5.00. The highest BCUT2D eigenvalue weighted by atomic mass is 35.5. The van der Waals surface area contributed by atoms with Crippen LogP contribution in [0.15, 0.2) is 24.3 Å². The molecule has 1 rings (SSSR count). The molecule has 13 heavy (non-hydrogen) atoms. The number of benzene rings is 1. The molecule has 0 aromatic heterocycles. The van der Waals surface area contributed by atoms with Gasteiger partial charge >= 0.3 is 0 Å². The number of hydrogen-bond acceptors (Lipinski definition) is 0. The third-order valence-electron chi connectivity index (χ3n) is 2.60. The zero-order valence-corrected chi connectivity index (χ0v) is 10.5. The van der Waals surface area contributed by atoms with Crippen molar-refractivity contribution in [2.24, 2.45) is 0 Å². The SMILES string of the molecule is CC[Si](C)(CCl)c1ccccc1Cl. The summed E-state index contributed by atoms with van der Waals surface area (Å²) < 4.78 is 0. The Morgan fingerprint density at radius 3 is 2.38 bits per heavy atom. The monoisotopic (exact) mass is 232 g/mol. The highest BCUT2D eigenvalue weighted by Gasteiger charge is 2.27. The number of alkyl halides is 1. The molecule has 0 fully saturated rings. The van der Waals surface area contributed by atoms with Gasteiger partial charge in [-0.05, 0) is 11.3 Å². The van der Waals surface area contributed by atoms with E-state index in [4.69, 9.17) is 23.2 Å². The standard InChI is InChI=1S/C10H14Cl2Si/c1-3-13(2,8-11)10-7-5-4-6-9(10)12/h4-7H,3,8H2,1-2H3. The third-order valence-corrected chi connectivity index (χ3v) is 8.74. The zero-order chi connectivity index (χ0) is 9.90. The van der Waals surface area contributed by atoms with Gasteiger partial charge in [-0.1, -0.05) is 49.3 Å². The van der Waals surface area contributed by atoms with Crippen LogP contribution in [0, 0.1) is 0 Å². The second-order valence-corrected chi connectivity index (χ2v) is 9.37. The topological polar surface area (TPSA) is 0 Å². The molecular weight excluding hydrogens is 219 g/mol. The lowest BCUT2D eigenvalue weighted by atomic mass is 10.4. The number of hydrogen-bond donors (Lipinski definition) is 0. The average molecular weight is 233 g/mol. The van der Waals surface area contributed by atoms with Gasteiger partial charge in [-0.2, -0.15) is 0 Å². The van der Waals surface area contributed by atoms with Gasteiger partial charge in [-0.25, -0.2) is 0 Å². The molecule has 0 aliphatic carbocycles. The van der Waals surface area contributed by atoms with E-state index < -0.39 is 8.07 Å². The first-order valence-electron chi connectivity index (χ1n) is 4.45. The summed E-state index contributed by atoms with van der Waals surface area (Å²) in [7, 11) is -1.48. The Labute approximate surface area is 90.9 Å². The number of rotatable bonds is 3. The molecule has 0 spiro atoms. The Kier molecular flexibility index (Phi) is 3.83. The summed E-state index contributed by atoms with van der Waals surface area (Å²) in [5, 5.41) is 2.16. The van der Waals surface area contributed by atoms with Crippen LogP contribution in [-0.2, 0) is 0 Å². The van der Waals surface area contributed by atoms with Crippen molar-refractivity contribution in [2.75, 3.05) is 5.50 Å². The van der Waals surface area contributed by atoms with Crippen molar-refractivity contribution < 1.29 is 0 Å². The van der Waals surface area contributed by atoms with Gasteiger partial charge in [0.1, 0.15) is 8.07 Å². The van der Waals surface area contributed by atoms with Crippen LogP contribution >= 0.6 is 23.2 Å². The maximum Gasteiger partial charge on any atom is 0.101 e. The molecule has 0 amide bonds. The van der Waals surface area contributed by atoms with E-state index >= 15 is 0 Å². The summed E-state index contributed by atoms with van der Waals surface area (Å²) in [6, 6.07) is 9.20. The fourth-order valence-electron chi connectivity index (χ4n) is 1.31. The summed E-state index contributed by atoms with van der Waals surface area (Å²) >= 11 is 12.2. The minimum atomic E-state index is -1.48. The summed E-state index contributed by atoms with van der Waals surface area (Å²) in [5.74, 6) is 0. The van der Waals surface area contributed by atoms with E-state index in [1.54, 1.807) is 0 Å². The van der Waals surface area contributed by atoms with Crippen LogP contribution < -0.4 is 5.19 Å². The lowest BCUT2D eigenvalue weighted by molar-refractivity contribution is 1.36. The first-order chi connectivity index (χ1) is 6.14. The third kappa shape index (κ3) is 2.28. The van der Waals surface area contributed by atoms with Crippen molar-refractivity contribution in [3.63, 3.8) is 0 Å². The molecule has 1 atom stereocenters. The highest BCUT2D eigenvalue weighted by molar-refractivity contribution is 6.96. The second kappa shape index (κ2) is 4.49. The van der Waals surface area contributed by atoms with Gasteiger partial charge in [0.25, 0.3) is 0 Å². The van der Waals surface area contributed by atoms with E-state index in [9.17, 15) is 0 Å². The maximum atomic E-state index is 6.14. The van der Waals surface area contributed by atoms with E-state index in [2.05, 4.69) is 19.5 Å². The fraction of sp³-hybridized carbons (Fsp3) is 0.400. The van der Waals surface area contributed by atoms with Crippen LogP contribution in [0.2, 0.25) is 17.6 Å². The van der Waals surface area contributed by atoms with E-state index in [0.29, 0.717) is 0 Å². The van der Waals surface area contributed by atoms with Gasteiger partial charge in [-0.3, -0.25) is 0 Å². The van der Waals surface area contributed by atoms with Gasteiger partial charge in [0.2, 0.25) is 0 Å². The highest BCUT2D eigenvalue weighted by Crippen LogP contribution is 2.16.